The van der Waals surface area contributed by atoms with E-state index in [0.29, 0.717) is 6.04 Å². The van der Waals surface area contributed by atoms with Crippen LogP contribution in [0.2, 0.25) is 0 Å². The van der Waals surface area contributed by atoms with Gasteiger partial charge in [0.15, 0.2) is 0 Å². The van der Waals surface area contributed by atoms with Crippen LogP contribution in [0.3, 0.4) is 0 Å². The third-order valence-electron chi connectivity index (χ3n) is 1.74. The summed E-state index contributed by atoms with van der Waals surface area (Å²) >= 11 is 1.87. The van der Waals surface area contributed by atoms with Crippen molar-refractivity contribution in [1.82, 2.24) is 9.55 Å². The predicted molar refractivity (Wildman–Crippen MR) is 50.1 cm³/mol. The summed E-state index contributed by atoms with van der Waals surface area (Å²) < 4.78 is 2.20. The molecule has 0 saturated carbocycles. The van der Waals surface area contributed by atoms with Crippen molar-refractivity contribution in [2.24, 2.45) is 0 Å². The molecule has 1 atom stereocenters. The van der Waals surface area contributed by atoms with E-state index in [1.54, 1.807) is 0 Å². The van der Waals surface area contributed by atoms with Crippen LogP contribution < -0.4 is 0 Å². The fraction of sp³-hybridized carbons (Fsp3) is 0.625. The Hall–Kier alpha value is -0.440. The highest BCUT2D eigenvalue weighted by Gasteiger charge is 2.04. The smallest absolute Gasteiger partial charge is 0.0950 e. The minimum absolute atomic E-state index is 0.562. The van der Waals surface area contributed by atoms with E-state index in [4.69, 9.17) is 0 Å². The highest BCUT2D eigenvalue weighted by atomic mass is 32.2. The van der Waals surface area contributed by atoms with Crippen LogP contribution in [0.15, 0.2) is 12.5 Å². The molecule has 62 valence electrons. The van der Waals surface area contributed by atoms with Gasteiger partial charge in [-0.15, -0.1) is 0 Å². The number of aromatic nitrogens is 2. The van der Waals surface area contributed by atoms with Gasteiger partial charge in [0.05, 0.1) is 6.33 Å². The molecule has 1 aromatic heterocycles. The topological polar surface area (TPSA) is 17.8 Å². The van der Waals surface area contributed by atoms with Crippen molar-refractivity contribution in [2.75, 3.05) is 12.0 Å². The first kappa shape index (κ1) is 8.65. The van der Waals surface area contributed by atoms with E-state index < -0.39 is 0 Å². The summed E-state index contributed by atoms with van der Waals surface area (Å²) in [6.45, 7) is 4.30. The second-order valence-electron chi connectivity index (χ2n) is 2.75. The Morgan fingerprint density at radius 2 is 2.45 bits per heavy atom. The van der Waals surface area contributed by atoms with Crippen molar-refractivity contribution < 1.29 is 0 Å². The normalized spacial score (nSPS) is 13.4. The molecule has 1 rings (SSSR count). The van der Waals surface area contributed by atoms with Crippen LogP contribution in [0.4, 0.5) is 0 Å². The minimum atomic E-state index is 0.562. The SMILES string of the molecule is CSCC(C)n1cncc1C. The van der Waals surface area contributed by atoms with Crippen molar-refractivity contribution in [3.05, 3.63) is 18.2 Å². The minimum Gasteiger partial charge on any atom is -0.331 e. The van der Waals surface area contributed by atoms with E-state index in [1.165, 1.54) is 5.69 Å². The Morgan fingerprint density at radius 3 is 2.91 bits per heavy atom. The fourth-order valence-electron chi connectivity index (χ4n) is 1.15. The van der Waals surface area contributed by atoms with Crippen molar-refractivity contribution in [3.8, 4) is 0 Å². The lowest BCUT2D eigenvalue weighted by Gasteiger charge is -2.12. The van der Waals surface area contributed by atoms with Crippen LogP contribution in [0.1, 0.15) is 18.7 Å². The summed E-state index contributed by atoms with van der Waals surface area (Å²) in [5.74, 6) is 1.15. The zero-order valence-electron chi connectivity index (χ0n) is 7.24. The van der Waals surface area contributed by atoms with E-state index in [-0.39, 0.29) is 0 Å². The lowest BCUT2D eigenvalue weighted by Crippen LogP contribution is -2.07. The zero-order chi connectivity index (χ0) is 8.27. The van der Waals surface area contributed by atoms with E-state index in [2.05, 4.69) is 29.7 Å². The standard InChI is InChI=1S/C8H14N2S/c1-7-4-9-6-10(7)8(2)5-11-3/h4,6,8H,5H2,1-3H3. The first-order valence-corrected chi connectivity index (χ1v) is 5.12. The van der Waals surface area contributed by atoms with Gasteiger partial charge < -0.3 is 4.57 Å². The maximum atomic E-state index is 4.08. The lowest BCUT2D eigenvalue weighted by molar-refractivity contribution is 0.595. The molecule has 0 aliphatic rings. The number of aryl methyl sites for hydroxylation is 1. The quantitative estimate of drug-likeness (QED) is 0.691. The van der Waals surface area contributed by atoms with E-state index >= 15 is 0 Å². The molecular formula is C8H14N2S. The molecule has 0 amide bonds. The third kappa shape index (κ3) is 1.99. The maximum absolute atomic E-state index is 4.08. The predicted octanol–water partition coefficient (Wildman–Crippen LogP) is 2.12. The summed E-state index contributed by atoms with van der Waals surface area (Å²) in [5, 5.41) is 0. The van der Waals surface area contributed by atoms with Gasteiger partial charge >= 0.3 is 0 Å². The molecule has 1 unspecified atom stereocenters. The van der Waals surface area contributed by atoms with Gasteiger partial charge in [0.2, 0.25) is 0 Å². The Labute approximate surface area is 72.0 Å². The van der Waals surface area contributed by atoms with Gasteiger partial charge in [0.1, 0.15) is 0 Å². The molecule has 11 heavy (non-hydrogen) atoms. The summed E-state index contributed by atoms with van der Waals surface area (Å²) in [6, 6.07) is 0.562. The molecule has 1 aromatic rings. The van der Waals surface area contributed by atoms with Crippen LogP contribution in [-0.2, 0) is 0 Å². The summed E-state index contributed by atoms with van der Waals surface area (Å²) in [4.78, 5) is 4.08. The Kier molecular flexibility index (Phi) is 3.00. The van der Waals surface area contributed by atoms with Gasteiger partial charge in [-0.3, -0.25) is 0 Å². The van der Waals surface area contributed by atoms with Crippen LogP contribution in [-0.4, -0.2) is 21.6 Å². The number of imidazole rings is 1. The molecule has 0 aromatic carbocycles. The molecule has 0 N–H and O–H groups in total. The van der Waals surface area contributed by atoms with Gasteiger partial charge in [-0.1, -0.05) is 0 Å². The summed E-state index contributed by atoms with van der Waals surface area (Å²) in [6.07, 6.45) is 5.93. The number of hydrogen-bond donors (Lipinski definition) is 0. The van der Waals surface area contributed by atoms with E-state index in [1.807, 2.05) is 24.3 Å². The molecule has 0 bridgehead atoms. The van der Waals surface area contributed by atoms with E-state index in [9.17, 15) is 0 Å². The molecule has 0 saturated heterocycles. The number of thioether (sulfide) groups is 1. The van der Waals surface area contributed by atoms with Gasteiger partial charge in [-0.25, -0.2) is 4.98 Å². The third-order valence-corrected chi connectivity index (χ3v) is 2.56. The number of nitrogens with zero attached hydrogens (tertiary/aromatic N) is 2. The van der Waals surface area contributed by atoms with Crippen LogP contribution in [0.25, 0.3) is 0 Å². The van der Waals surface area contributed by atoms with Crippen LogP contribution in [0.5, 0.6) is 0 Å². The second kappa shape index (κ2) is 3.81. The Bertz CT molecular complexity index is 220. The van der Waals surface area contributed by atoms with Gasteiger partial charge in [-0.2, -0.15) is 11.8 Å². The average molecular weight is 170 g/mol. The molecule has 0 fully saturated rings. The maximum Gasteiger partial charge on any atom is 0.0950 e. The molecule has 0 radical (unpaired) electrons. The Morgan fingerprint density at radius 1 is 1.73 bits per heavy atom. The summed E-state index contributed by atoms with van der Waals surface area (Å²) in [5.41, 5.74) is 1.24. The largest absolute Gasteiger partial charge is 0.331 e. The summed E-state index contributed by atoms with van der Waals surface area (Å²) in [7, 11) is 0. The first-order chi connectivity index (χ1) is 5.25. The van der Waals surface area contributed by atoms with Crippen molar-refractivity contribution >= 4 is 11.8 Å². The highest BCUT2D eigenvalue weighted by molar-refractivity contribution is 7.98. The van der Waals surface area contributed by atoms with Crippen molar-refractivity contribution in [3.63, 3.8) is 0 Å². The fourth-order valence-corrected chi connectivity index (χ4v) is 1.80. The molecular weight excluding hydrogens is 156 g/mol. The first-order valence-electron chi connectivity index (χ1n) is 3.73. The zero-order valence-corrected chi connectivity index (χ0v) is 8.06. The van der Waals surface area contributed by atoms with Crippen LogP contribution in [0, 0.1) is 6.92 Å². The highest BCUT2D eigenvalue weighted by Crippen LogP contribution is 2.12. The monoisotopic (exact) mass is 170 g/mol. The van der Waals surface area contributed by atoms with Crippen LogP contribution >= 0.6 is 11.8 Å². The average Bonchev–Trinajstić information content (AvgIpc) is 2.36. The molecule has 2 nitrogen and oxygen atoms in total. The molecule has 0 spiro atoms. The van der Waals surface area contributed by atoms with Crippen molar-refractivity contribution in [1.29, 1.82) is 0 Å². The molecule has 3 heteroatoms. The van der Waals surface area contributed by atoms with Gasteiger partial charge in [0, 0.05) is 23.7 Å². The molecule has 0 aliphatic carbocycles. The van der Waals surface area contributed by atoms with E-state index in [0.717, 1.165) is 5.75 Å². The number of rotatable bonds is 3. The second-order valence-corrected chi connectivity index (χ2v) is 3.66. The Balaban J connectivity index is 2.67. The van der Waals surface area contributed by atoms with Gasteiger partial charge in [-0.05, 0) is 20.1 Å². The number of hydrogen-bond acceptors (Lipinski definition) is 2. The van der Waals surface area contributed by atoms with Gasteiger partial charge in [0.25, 0.3) is 0 Å². The molecule has 1 heterocycles. The molecule has 0 aliphatic heterocycles. The van der Waals surface area contributed by atoms with Crippen molar-refractivity contribution in [2.45, 2.75) is 19.9 Å². The lowest BCUT2D eigenvalue weighted by atomic mass is 10.3.